The van der Waals surface area contributed by atoms with Crippen LogP contribution < -0.4 is 5.73 Å². The van der Waals surface area contributed by atoms with Gasteiger partial charge in [0.05, 0.1) is 11.2 Å². The third-order valence-electron chi connectivity index (χ3n) is 4.29. The molecule has 0 atom stereocenters. The van der Waals surface area contributed by atoms with E-state index in [0.29, 0.717) is 11.3 Å². The minimum atomic E-state index is -0.413. The van der Waals surface area contributed by atoms with E-state index in [0.717, 1.165) is 11.0 Å². The smallest absolute Gasteiger partial charge is 0.400 e. The average Bonchev–Trinajstić information content (AvgIpc) is 2.65. The Labute approximate surface area is 138 Å². The third kappa shape index (κ3) is 3.40. The summed E-state index contributed by atoms with van der Waals surface area (Å²) in [7, 11) is -0.413. The Morgan fingerprint density at radius 2 is 1.86 bits per heavy atom. The summed E-state index contributed by atoms with van der Waals surface area (Å²) < 4.78 is 12.1. The molecule has 0 radical (unpaired) electrons. The van der Waals surface area contributed by atoms with Crippen molar-refractivity contribution in [1.29, 1.82) is 5.41 Å². The summed E-state index contributed by atoms with van der Waals surface area (Å²) >= 11 is 4.41. The van der Waals surface area contributed by atoms with Gasteiger partial charge in [0.2, 0.25) is 0 Å². The van der Waals surface area contributed by atoms with Crippen molar-refractivity contribution in [2.45, 2.75) is 38.9 Å². The number of benzene rings is 1. The Balaban J connectivity index is 2.29. The second-order valence-electron chi connectivity index (χ2n) is 6.50. The molecule has 1 aliphatic heterocycles. The predicted molar refractivity (Wildman–Crippen MR) is 95.4 cm³/mol. The van der Waals surface area contributed by atoms with Crippen LogP contribution in [0.3, 0.4) is 0 Å². The minimum absolute atomic E-state index is 0.0540. The van der Waals surface area contributed by atoms with E-state index < -0.39 is 7.12 Å². The molecule has 6 heteroatoms. The number of amidine groups is 1. The molecule has 3 N–H and O–H groups in total. The Morgan fingerprint density at radius 3 is 2.36 bits per heavy atom. The molecule has 22 heavy (non-hydrogen) atoms. The summed E-state index contributed by atoms with van der Waals surface area (Å²) in [5.74, 6) is 0.583. The average molecular weight is 318 g/mol. The summed E-state index contributed by atoms with van der Waals surface area (Å²) in [4.78, 5) is 0. The van der Waals surface area contributed by atoms with E-state index >= 15 is 0 Å². The maximum Gasteiger partial charge on any atom is 0.491 e. The number of thiol groups is 1. The summed E-state index contributed by atoms with van der Waals surface area (Å²) in [6, 6.07) is 7.52. The van der Waals surface area contributed by atoms with Gasteiger partial charge in [-0.05, 0) is 44.8 Å². The van der Waals surface area contributed by atoms with Crippen LogP contribution in [0.5, 0.6) is 0 Å². The zero-order chi connectivity index (χ0) is 16.5. The van der Waals surface area contributed by atoms with Crippen LogP contribution in [0.25, 0.3) is 6.08 Å². The van der Waals surface area contributed by atoms with E-state index in [-0.39, 0.29) is 17.0 Å². The van der Waals surface area contributed by atoms with Crippen LogP contribution in [0.2, 0.25) is 0 Å². The Kier molecular flexibility index (Phi) is 4.75. The predicted octanol–water partition coefficient (Wildman–Crippen LogP) is 2.92. The lowest BCUT2D eigenvalue weighted by Crippen LogP contribution is -2.41. The fourth-order valence-corrected chi connectivity index (χ4v) is 2.43. The molecule has 2 rings (SSSR count). The highest BCUT2D eigenvalue weighted by Crippen LogP contribution is 2.39. The lowest BCUT2D eigenvalue weighted by Gasteiger charge is -2.32. The maximum absolute atomic E-state index is 7.52. The number of nitrogens with two attached hydrogens (primary N) is 1. The first-order chi connectivity index (χ1) is 10.2. The molecule has 1 heterocycles. The van der Waals surface area contributed by atoms with Crippen LogP contribution in [-0.2, 0) is 9.31 Å². The Bertz CT molecular complexity index is 598. The van der Waals surface area contributed by atoms with E-state index in [1.807, 2.05) is 58.0 Å². The van der Waals surface area contributed by atoms with Crippen molar-refractivity contribution in [3.05, 3.63) is 40.9 Å². The molecule has 1 saturated heterocycles. The number of rotatable bonds is 4. The first-order valence-electron chi connectivity index (χ1n) is 7.28. The normalized spacial score (nSPS) is 20.2. The van der Waals surface area contributed by atoms with Crippen LogP contribution in [0.1, 0.15) is 38.8 Å². The lowest BCUT2D eigenvalue weighted by atomic mass is 9.78. The van der Waals surface area contributed by atoms with Crippen LogP contribution in [0.15, 0.2) is 29.7 Å². The first-order valence-corrected chi connectivity index (χ1v) is 7.91. The molecular weight excluding hydrogens is 295 g/mol. The molecule has 1 aromatic carbocycles. The van der Waals surface area contributed by atoms with E-state index in [9.17, 15) is 0 Å². The molecule has 1 fully saturated rings. The Hall–Kier alpha value is -1.24. The van der Waals surface area contributed by atoms with Crippen LogP contribution >= 0.6 is 12.6 Å². The molecule has 4 nitrogen and oxygen atoms in total. The van der Waals surface area contributed by atoms with E-state index in [2.05, 4.69) is 12.6 Å². The molecule has 0 aromatic heterocycles. The SMILES string of the molecule is CC1(C)OB(C(=Cc2cccc(C(=N)N)c2)CS)OC1(C)C. The van der Waals surface area contributed by atoms with Gasteiger partial charge < -0.3 is 15.0 Å². The van der Waals surface area contributed by atoms with Gasteiger partial charge in [0.25, 0.3) is 0 Å². The fraction of sp³-hybridized carbons (Fsp3) is 0.438. The van der Waals surface area contributed by atoms with Crippen molar-refractivity contribution in [3.8, 4) is 0 Å². The van der Waals surface area contributed by atoms with Gasteiger partial charge >= 0.3 is 7.12 Å². The number of nitrogen functional groups attached to an aromatic ring is 1. The van der Waals surface area contributed by atoms with Gasteiger partial charge in [-0.3, -0.25) is 5.41 Å². The molecular formula is C16H23BN2O2S. The van der Waals surface area contributed by atoms with E-state index in [1.54, 1.807) is 0 Å². The van der Waals surface area contributed by atoms with Crippen molar-refractivity contribution in [2.24, 2.45) is 5.73 Å². The van der Waals surface area contributed by atoms with Gasteiger partial charge in [-0.25, -0.2) is 0 Å². The molecule has 0 spiro atoms. The molecule has 0 bridgehead atoms. The van der Waals surface area contributed by atoms with Gasteiger partial charge in [0, 0.05) is 11.3 Å². The minimum Gasteiger partial charge on any atom is -0.400 e. The summed E-state index contributed by atoms with van der Waals surface area (Å²) in [5.41, 5.74) is 7.38. The van der Waals surface area contributed by atoms with E-state index in [4.69, 9.17) is 20.5 Å². The highest BCUT2D eigenvalue weighted by Gasteiger charge is 2.52. The molecule has 0 aliphatic carbocycles. The van der Waals surface area contributed by atoms with Crippen LogP contribution in [-0.4, -0.2) is 29.9 Å². The highest BCUT2D eigenvalue weighted by atomic mass is 32.1. The summed E-state index contributed by atoms with van der Waals surface area (Å²) in [6.45, 7) is 8.11. The largest absolute Gasteiger partial charge is 0.491 e. The maximum atomic E-state index is 7.52. The van der Waals surface area contributed by atoms with Crippen molar-refractivity contribution < 1.29 is 9.31 Å². The molecule has 1 aromatic rings. The first kappa shape index (κ1) is 17.1. The molecule has 1 aliphatic rings. The number of hydrogen-bond donors (Lipinski definition) is 3. The summed E-state index contributed by atoms with van der Waals surface area (Å²) in [5, 5.41) is 7.52. The van der Waals surface area contributed by atoms with Crippen molar-refractivity contribution >= 4 is 31.7 Å². The Morgan fingerprint density at radius 1 is 1.27 bits per heavy atom. The van der Waals surface area contributed by atoms with Gasteiger partial charge in [0.15, 0.2) is 0 Å². The van der Waals surface area contributed by atoms with Gasteiger partial charge in [0.1, 0.15) is 5.84 Å². The second-order valence-corrected chi connectivity index (χ2v) is 6.82. The zero-order valence-electron chi connectivity index (χ0n) is 13.5. The van der Waals surface area contributed by atoms with E-state index in [1.165, 1.54) is 0 Å². The van der Waals surface area contributed by atoms with Crippen molar-refractivity contribution in [1.82, 2.24) is 0 Å². The summed E-state index contributed by atoms with van der Waals surface area (Å²) in [6.07, 6.45) is 1.99. The van der Waals surface area contributed by atoms with Crippen molar-refractivity contribution in [3.63, 3.8) is 0 Å². The second kappa shape index (κ2) is 6.10. The van der Waals surface area contributed by atoms with Gasteiger partial charge in [-0.2, -0.15) is 12.6 Å². The highest BCUT2D eigenvalue weighted by molar-refractivity contribution is 7.80. The van der Waals surface area contributed by atoms with Gasteiger partial charge in [-0.15, -0.1) is 0 Å². The fourth-order valence-electron chi connectivity index (χ4n) is 2.19. The monoisotopic (exact) mass is 318 g/mol. The zero-order valence-corrected chi connectivity index (χ0v) is 14.4. The standard InChI is InChI=1S/C16H23BN2O2S/c1-15(2)16(3,4)21-17(20-15)13(10-22)9-11-6-5-7-12(8-11)14(18)19/h5-9,22H,10H2,1-4H3,(H3,18,19). The third-order valence-corrected chi connectivity index (χ3v) is 4.65. The number of nitrogens with one attached hydrogen (secondary N) is 1. The molecule has 0 unspecified atom stereocenters. The number of hydrogen-bond acceptors (Lipinski definition) is 4. The van der Waals surface area contributed by atoms with Gasteiger partial charge in [-0.1, -0.05) is 24.3 Å². The lowest BCUT2D eigenvalue weighted by molar-refractivity contribution is 0.00578. The quantitative estimate of drug-likeness (QED) is 0.346. The van der Waals surface area contributed by atoms with Crippen LogP contribution in [0, 0.1) is 5.41 Å². The molecule has 118 valence electrons. The molecule has 0 amide bonds. The van der Waals surface area contributed by atoms with Crippen LogP contribution in [0.4, 0.5) is 0 Å². The van der Waals surface area contributed by atoms with Crippen molar-refractivity contribution in [2.75, 3.05) is 5.75 Å². The molecule has 0 saturated carbocycles. The topological polar surface area (TPSA) is 68.3 Å².